The number of aryl methyl sites for hydroxylation is 1. The minimum Gasteiger partial charge on any atom is -0.387 e. The molecule has 8 nitrogen and oxygen atoms in total. The van der Waals surface area contributed by atoms with Crippen molar-refractivity contribution in [3.8, 4) is 0 Å². The Balaban J connectivity index is 1.50. The Morgan fingerprint density at radius 3 is 2.77 bits per heavy atom. The van der Waals surface area contributed by atoms with E-state index in [1.807, 2.05) is 48.1 Å². The second-order valence-corrected chi connectivity index (χ2v) is 7.79. The van der Waals surface area contributed by atoms with Gasteiger partial charge in [0.05, 0.1) is 29.8 Å². The van der Waals surface area contributed by atoms with Crippen molar-refractivity contribution in [1.82, 2.24) is 20.1 Å². The van der Waals surface area contributed by atoms with Gasteiger partial charge in [0.25, 0.3) is 0 Å². The Morgan fingerprint density at radius 2 is 2.03 bits per heavy atom. The van der Waals surface area contributed by atoms with Crippen LogP contribution in [0.4, 0.5) is 5.69 Å². The number of hydrogen-bond acceptors (Lipinski definition) is 6. The van der Waals surface area contributed by atoms with Crippen LogP contribution >= 0.6 is 0 Å². The number of amides is 1. The molecule has 0 unspecified atom stereocenters. The number of hydrogen-bond donors (Lipinski definition) is 3. The van der Waals surface area contributed by atoms with Gasteiger partial charge < -0.3 is 20.5 Å². The van der Waals surface area contributed by atoms with Gasteiger partial charge in [0.2, 0.25) is 5.91 Å². The highest BCUT2D eigenvalue weighted by Gasteiger charge is 2.20. The lowest BCUT2D eigenvalue weighted by Gasteiger charge is -2.25. The maximum absolute atomic E-state index is 12.7. The Kier molecular flexibility index (Phi) is 6.79. The molecule has 1 amide bonds. The molecule has 1 aromatic carbocycles. The van der Waals surface area contributed by atoms with Gasteiger partial charge in [-0.15, -0.1) is 0 Å². The second kappa shape index (κ2) is 9.89. The van der Waals surface area contributed by atoms with Crippen LogP contribution in [0.15, 0.2) is 42.7 Å². The summed E-state index contributed by atoms with van der Waals surface area (Å²) in [6, 6.07) is 9.60. The zero-order valence-corrected chi connectivity index (χ0v) is 17.8. The fraction of sp³-hybridized carbons (Fsp3) is 0.435. The van der Waals surface area contributed by atoms with Gasteiger partial charge in [-0.2, -0.15) is 5.10 Å². The number of pyridine rings is 1. The minimum absolute atomic E-state index is 0.158. The average Bonchev–Trinajstić information content (AvgIpc) is 3.24. The molecule has 3 heterocycles. The van der Waals surface area contributed by atoms with Crippen LogP contribution in [-0.2, 0) is 22.5 Å². The maximum atomic E-state index is 12.7. The fourth-order valence-corrected chi connectivity index (χ4v) is 3.89. The number of rotatable bonds is 8. The van der Waals surface area contributed by atoms with E-state index in [0.717, 1.165) is 60.4 Å². The zero-order valence-electron chi connectivity index (χ0n) is 17.8. The molecule has 4 rings (SSSR count). The number of benzene rings is 1. The quantitative estimate of drug-likeness (QED) is 0.514. The molecule has 1 aliphatic heterocycles. The van der Waals surface area contributed by atoms with Gasteiger partial charge in [-0.05, 0) is 25.3 Å². The molecule has 1 saturated heterocycles. The van der Waals surface area contributed by atoms with Crippen LogP contribution in [0, 0.1) is 0 Å². The third kappa shape index (κ3) is 5.03. The van der Waals surface area contributed by atoms with E-state index in [4.69, 9.17) is 4.74 Å². The van der Waals surface area contributed by atoms with E-state index >= 15 is 0 Å². The van der Waals surface area contributed by atoms with E-state index in [1.165, 1.54) is 0 Å². The van der Waals surface area contributed by atoms with Crippen LogP contribution in [-0.4, -0.2) is 51.6 Å². The maximum Gasteiger partial charge on any atom is 0.224 e. The largest absolute Gasteiger partial charge is 0.387 e. The van der Waals surface area contributed by atoms with E-state index < -0.39 is 6.10 Å². The first-order valence-corrected chi connectivity index (χ1v) is 10.8. The average molecular weight is 424 g/mol. The normalized spacial score (nSPS) is 15.7. The molecule has 0 saturated carbocycles. The molecule has 3 aromatic rings. The SMILES string of the molecule is CCn1ncc2c(NC3CCOCC3)c(CC(=O)NC[C@@H](O)c3ccccc3)cnc21. The van der Waals surface area contributed by atoms with Gasteiger partial charge in [0, 0.05) is 44.1 Å². The van der Waals surface area contributed by atoms with Crippen LogP contribution in [0.5, 0.6) is 0 Å². The summed E-state index contributed by atoms with van der Waals surface area (Å²) >= 11 is 0. The van der Waals surface area contributed by atoms with Crippen molar-refractivity contribution in [3.05, 3.63) is 53.9 Å². The van der Waals surface area contributed by atoms with Crippen molar-refractivity contribution in [2.75, 3.05) is 25.1 Å². The summed E-state index contributed by atoms with van der Waals surface area (Å²) in [6.45, 7) is 4.37. The highest BCUT2D eigenvalue weighted by Crippen LogP contribution is 2.28. The van der Waals surface area contributed by atoms with Crippen LogP contribution in [0.3, 0.4) is 0 Å². The van der Waals surface area contributed by atoms with E-state index in [2.05, 4.69) is 20.7 Å². The lowest BCUT2D eigenvalue weighted by Crippen LogP contribution is -2.31. The number of aliphatic hydroxyl groups excluding tert-OH is 1. The number of nitrogens with zero attached hydrogens (tertiary/aromatic N) is 3. The number of aliphatic hydroxyl groups is 1. The molecule has 8 heteroatoms. The fourth-order valence-electron chi connectivity index (χ4n) is 3.89. The van der Waals surface area contributed by atoms with Gasteiger partial charge in [0.15, 0.2) is 5.65 Å². The standard InChI is InChI=1S/C23H29N5O3/c1-2-28-23-19(14-26-28)22(27-18-8-10-31-11-9-18)17(13-25-23)12-21(30)24-15-20(29)16-6-4-3-5-7-16/h3-7,13-14,18,20,29H,2,8-12,15H2,1H3,(H,24,30)(H,25,27)/t20-/m1/s1. The van der Waals surface area contributed by atoms with Gasteiger partial charge in [-0.25, -0.2) is 9.67 Å². The highest BCUT2D eigenvalue weighted by molar-refractivity contribution is 5.93. The Hall–Kier alpha value is -2.97. The van der Waals surface area contributed by atoms with E-state index in [1.54, 1.807) is 6.20 Å². The molecular weight excluding hydrogens is 394 g/mol. The third-order valence-electron chi connectivity index (χ3n) is 5.64. The molecule has 2 aromatic heterocycles. The summed E-state index contributed by atoms with van der Waals surface area (Å²) in [5.41, 5.74) is 3.32. The van der Waals surface area contributed by atoms with Crippen LogP contribution in [0.2, 0.25) is 0 Å². The first-order valence-electron chi connectivity index (χ1n) is 10.8. The highest BCUT2D eigenvalue weighted by atomic mass is 16.5. The van der Waals surface area contributed by atoms with Crippen LogP contribution in [0.25, 0.3) is 11.0 Å². The van der Waals surface area contributed by atoms with Gasteiger partial charge >= 0.3 is 0 Å². The molecule has 0 bridgehead atoms. The molecule has 0 aliphatic carbocycles. The van der Waals surface area contributed by atoms with Gasteiger partial charge in [0.1, 0.15) is 0 Å². The summed E-state index contributed by atoms with van der Waals surface area (Å²) in [4.78, 5) is 17.2. The predicted molar refractivity (Wildman–Crippen MR) is 119 cm³/mol. The predicted octanol–water partition coefficient (Wildman–Crippen LogP) is 2.43. The zero-order chi connectivity index (χ0) is 21.6. The molecule has 1 fully saturated rings. The van der Waals surface area contributed by atoms with Crippen LogP contribution in [0.1, 0.15) is 37.0 Å². The topological polar surface area (TPSA) is 101 Å². The minimum atomic E-state index is -0.742. The number of aromatic nitrogens is 3. The lowest BCUT2D eigenvalue weighted by molar-refractivity contribution is -0.120. The van der Waals surface area contributed by atoms with Crippen molar-refractivity contribution in [2.45, 2.75) is 44.9 Å². The second-order valence-electron chi connectivity index (χ2n) is 7.79. The van der Waals surface area contributed by atoms with E-state index in [-0.39, 0.29) is 24.9 Å². The van der Waals surface area contributed by atoms with Gasteiger partial charge in [-0.1, -0.05) is 30.3 Å². The Labute approximate surface area is 181 Å². The first kappa shape index (κ1) is 21.3. The van der Waals surface area contributed by atoms with Gasteiger partial charge in [-0.3, -0.25) is 4.79 Å². The number of fused-ring (bicyclic) bond motifs is 1. The number of nitrogens with one attached hydrogen (secondary N) is 2. The van der Waals surface area contributed by atoms with Crippen molar-refractivity contribution in [2.24, 2.45) is 0 Å². The van der Waals surface area contributed by atoms with Crippen molar-refractivity contribution < 1.29 is 14.6 Å². The molecule has 31 heavy (non-hydrogen) atoms. The lowest BCUT2D eigenvalue weighted by atomic mass is 10.0. The van der Waals surface area contributed by atoms with Crippen LogP contribution < -0.4 is 10.6 Å². The number of carbonyl (C=O) groups is 1. The molecule has 1 atom stereocenters. The molecule has 164 valence electrons. The van der Waals surface area contributed by atoms with E-state index in [9.17, 15) is 9.90 Å². The summed E-state index contributed by atoms with van der Waals surface area (Å²) in [5, 5.41) is 22.1. The molecule has 3 N–H and O–H groups in total. The summed E-state index contributed by atoms with van der Waals surface area (Å²) in [7, 11) is 0. The number of carbonyl (C=O) groups excluding carboxylic acids is 1. The summed E-state index contributed by atoms with van der Waals surface area (Å²) in [6.07, 6.45) is 4.83. The summed E-state index contributed by atoms with van der Waals surface area (Å²) in [5.74, 6) is -0.158. The molecule has 0 spiro atoms. The molecule has 1 aliphatic rings. The molecular formula is C23H29N5O3. The number of anilines is 1. The number of ether oxygens (including phenoxy) is 1. The Bertz CT molecular complexity index is 1010. The molecule has 0 radical (unpaired) electrons. The summed E-state index contributed by atoms with van der Waals surface area (Å²) < 4.78 is 7.33. The smallest absolute Gasteiger partial charge is 0.224 e. The van der Waals surface area contributed by atoms with E-state index in [0.29, 0.717) is 0 Å². The van der Waals surface area contributed by atoms with Crippen molar-refractivity contribution in [1.29, 1.82) is 0 Å². The van der Waals surface area contributed by atoms with Crippen molar-refractivity contribution >= 4 is 22.6 Å². The van der Waals surface area contributed by atoms with Crippen molar-refractivity contribution in [3.63, 3.8) is 0 Å². The third-order valence-corrected chi connectivity index (χ3v) is 5.64. The Morgan fingerprint density at radius 1 is 1.26 bits per heavy atom. The first-order chi connectivity index (χ1) is 15.2. The monoisotopic (exact) mass is 423 g/mol.